The molecule has 0 spiro atoms. The standard InChI is InChI=1S/C15H23NO4/c1-13-4-6-14(7-5-13)20-11-10-18-8-3-9-19-12-15(17)16-2/h4-7H,3,8-12H2,1-2H3,(H,16,17). The lowest BCUT2D eigenvalue weighted by Gasteiger charge is -2.07. The van der Waals surface area contributed by atoms with E-state index in [-0.39, 0.29) is 12.5 Å². The minimum absolute atomic E-state index is 0.104. The first kappa shape index (κ1) is 16.5. The van der Waals surface area contributed by atoms with Gasteiger partial charge in [-0.15, -0.1) is 0 Å². The van der Waals surface area contributed by atoms with Gasteiger partial charge in [-0.2, -0.15) is 0 Å². The first-order valence-corrected chi connectivity index (χ1v) is 6.78. The van der Waals surface area contributed by atoms with E-state index in [2.05, 4.69) is 5.32 Å². The van der Waals surface area contributed by atoms with Gasteiger partial charge in [-0.3, -0.25) is 4.79 Å². The molecule has 112 valence electrons. The second-order valence-electron chi connectivity index (χ2n) is 4.35. The van der Waals surface area contributed by atoms with Crippen LogP contribution in [-0.2, 0) is 14.3 Å². The third-order valence-electron chi connectivity index (χ3n) is 2.61. The van der Waals surface area contributed by atoms with Gasteiger partial charge in [0.2, 0.25) is 5.91 Å². The van der Waals surface area contributed by atoms with Gasteiger partial charge >= 0.3 is 0 Å². The summed E-state index contributed by atoms with van der Waals surface area (Å²) in [4.78, 5) is 10.9. The highest BCUT2D eigenvalue weighted by molar-refractivity contribution is 5.76. The highest BCUT2D eigenvalue weighted by atomic mass is 16.5. The summed E-state index contributed by atoms with van der Waals surface area (Å²) < 4.78 is 16.1. The lowest BCUT2D eigenvalue weighted by molar-refractivity contribution is -0.125. The van der Waals surface area contributed by atoms with Crippen LogP contribution in [0.3, 0.4) is 0 Å². The molecule has 0 fully saturated rings. The van der Waals surface area contributed by atoms with Gasteiger partial charge < -0.3 is 19.5 Å². The van der Waals surface area contributed by atoms with Crippen molar-refractivity contribution in [1.29, 1.82) is 0 Å². The number of carbonyl (C=O) groups excluding carboxylic acids is 1. The molecule has 5 nitrogen and oxygen atoms in total. The Hall–Kier alpha value is -1.59. The van der Waals surface area contributed by atoms with Crippen molar-refractivity contribution >= 4 is 5.91 Å². The fourth-order valence-corrected chi connectivity index (χ4v) is 1.46. The van der Waals surface area contributed by atoms with E-state index in [1.807, 2.05) is 31.2 Å². The van der Waals surface area contributed by atoms with Crippen molar-refractivity contribution < 1.29 is 19.0 Å². The maximum Gasteiger partial charge on any atom is 0.245 e. The lowest BCUT2D eigenvalue weighted by atomic mass is 10.2. The van der Waals surface area contributed by atoms with Crippen LogP contribution >= 0.6 is 0 Å². The summed E-state index contributed by atoms with van der Waals surface area (Å²) in [5.41, 5.74) is 1.21. The Morgan fingerprint density at radius 3 is 2.45 bits per heavy atom. The van der Waals surface area contributed by atoms with Gasteiger partial charge in [0, 0.05) is 20.3 Å². The van der Waals surface area contributed by atoms with Crippen molar-refractivity contribution in [2.75, 3.05) is 40.1 Å². The number of likely N-dealkylation sites (N-methyl/N-ethyl adjacent to an activating group) is 1. The van der Waals surface area contributed by atoms with Crippen molar-refractivity contribution in [3.05, 3.63) is 29.8 Å². The van der Waals surface area contributed by atoms with E-state index in [1.54, 1.807) is 7.05 Å². The Balaban J connectivity index is 1.90. The largest absolute Gasteiger partial charge is 0.491 e. The average molecular weight is 281 g/mol. The van der Waals surface area contributed by atoms with Gasteiger partial charge in [-0.1, -0.05) is 17.7 Å². The predicted octanol–water partition coefficient (Wildman–Crippen LogP) is 1.54. The number of aryl methyl sites for hydroxylation is 1. The zero-order valence-electron chi connectivity index (χ0n) is 12.2. The molecule has 1 N–H and O–H groups in total. The monoisotopic (exact) mass is 281 g/mol. The lowest BCUT2D eigenvalue weighted by Crippen LogP contribution is -2.23. The molecule has 1 amide bonds. The number of benzene rings is 1. The van der Waals surface area contributed by atoms with Crippen LogP contribution in [0.15, 0.2) is 24.3 Å². The number of carbonyl (C=O) groups is 1. The van der Waals surface area contributed by atoms with Crippen LogP contribution in [0.2, 0.25) is 0 Å². The highest BCUT2D eigenvalue weighted by Gasteiger charge is 1.97. The minimum Gasteiger partial charge on any atom is -0.491 e. The number of hydrogen-bond acceptors (Lipinski definition) is 4. The van der Waals surface area contributed by atoms with Crippen molar-refractivity contribution in [2.24, 2.45) is 0 Å². The van der Waals surface area contributed by atoms with Crippen LogP contribution in [0.25, 0.3) is 0 Å². The van der Waals surface area contributed by atoms with E-state index < -0.39 is 0 Å². The zero-order chi connectivity index (χ0) is 14.6. The van der Waals surface area contributed by atoms with Crippen LogP contribution in [-0.4, -0.2) is 46.0 Å². The molecule has 1 aromatic rings. The molecule has 0 radical (unpaired) electrons. The second-order valence-corrected chi connectivity index (χ2v) is 4.35. The predicted molar refractivity (Wildman–Crippen MR) is 77.0 cm³/mol. The second kappa shape index (κ2) is 10.2. The Bertz CT molecular complexity index is 378. The molecule has 0 saturated heterocycles. The Labute approximate surface area is 120 Å². The van der Waals surface area contributed by atoms with Gasteiger partial charge in [0.05, 0.1) is 6.61 Å². The molecule has 20 heavy (non-hydrogen) atoms. The number of amides is 1. The molecule has 0 aliphatic rings. The first-order valence-electron chi connectivity index (χ1n) is 6.78. The maximum absolute atomic E-state index is 10.9. The van der Waals surface area contributed by atoms with Gasteiger partial charge in [0.1, 0.15) is 19.0 Å². The minimum atomic E-state index is -0.114. The van der Waals surface area contributed by atoms with Gasteiger partial charge in [0.15, 0.2) is 0 Å². The fourth-order valence-electron chi connectivity index (χ4n) is 1.46. The summed E-state index contributed by atoms with van der Waals surface area (Å²) in [5, 5.41) is 2.49. The molecular formula is C15H23NO4. The van der Waals surface area contributed by atoms with Gasteiger partial charge in [-0.25, -0.2) is 0 Å². The quantitative estimate of drug-likeness (QED) is 0.661. The normalized spacial score (nSPS) is 10.3. The van der Waals surface area contributed by atoms with E-state index >= 15 is 0 Å². The summed E-state index contributed by atoms with van der Waals surface area (Å²) in [6, 6.07) is 7.92. The number of ether oxygens (including phenoxy) is 3. The van der Waals surface area contributed by atoms with E-state index in [0.29, 0.717) is 26.4 Å². The highest BCUT2D eigenvalue weighted by Crippen LogP contribution is 2.10. The van der Waals surface area contributed by atoms with Crippen molar-refractivity contribution in [1.82, 2.24) is 5.32 Å². The van der Waals surface area contributed by atoms with Crippen LogP contribution in [0.4, 0.5) is 0 Å². The van der Waals surface area contributed by atoms with Crippen LogP contribution in [0, 0.1) is 6.92 Å². The SMILES string of the molecule is CNC(=O)COCCCOCCOc1ccc(C)cc1. The van der Waals surface area contributed by atoms with E-state index in [0.717, 1.165) is 12.2 Å². The van der Waals surface area contributed by atoms with Crippen LogP contribution < -0.4 is 10.1 Å². The topological polar surface area (TPSA) is 56.8 Å². The Kier molecular flexibility index (Phi) is 8.42. The maximum atomic E-state index is 10.9. The third-order valence-corrected chi connectivity index (χ3v) is 2.61. The first-order chi connectivity index (χ1) is 9.72. The van der Waals surface area contributed by atoms with Crippen molar-refractivity contribution in [2.45, 2.75) is 13.3 Å². The number of rotatable bonds is 10. The number of nitrogens with one attached hydrogen (secondary N) is 1. The van der Waals surface area contributed by atoms with Crippen molar-refractivity contribution in [3.8, 4) is 5.75 Å². The molecule has 0 atom stereocenters. The van der Waals surface area contributed by atoms with E-state index in [9.17, 15) is 4.79 Å². The molecule has 0 saturated carbocycles. The molecule has 1 aromatic carbocycles. The number of hydrogen-bond donors (Lipinski definition) is 1. The summed E-state index contributed by atoms with van der Waals surface area (Å²) >= 11 is 0. The summed E-state index contributed by atoms with van der Waals surface area (Å²) in [6.07, 6.45) is 0.765. The molecule has 0 aromatic heterocycles. The molecule has 0 unspecified atom stereocenters. The molecule has 0 aliphatic carbocycles. The van der Waals surface area contributed by atoms with Gasteiger partial charge in [-0.05, 0) is 25.5 Å². The molecule has 0 aliphatic heterocycles. The Morgan fingerprint density at radius 1 is 1.05 bits per heavy atom. The van der Waals surface area contributed by atoms with E-state index in [1.165, 1.54) is 5.56 Å². The average Bonchev–Trinajstić information content (AvgIpc) is 2.47. The molecular weight excluding hydrogens is 258 g/mol. The molecule has 0 heterocycles. The summed E-state index contributed by atoms with van der Waals surface area (Å²) in [7, 11) is 1.59. The van der Waals surface area contributed by atoms with Crippen LogP contribution in [0.5, 0.6) is 5.75 Å². The molecule has 5 heteroatoms. The molecule has 0 bridgehead atoms. The summed E-state index contributed by atoms with van der Waals surface area (Å²) in [5.74, 6) is 0.741. The van der Waals surface area contributed by atoms with Crippen LogP contribution in [0.1, 0.15) is 12.0 Å². The van der Waals surface area contributed by atoms with E-state index in [4.69, 9.17) is 14.2 Å². The smallest absolute Gasteiger partial charge is 0.245 e. The fraction of sp³-hybridized carbons (Fsp3) is 0.533. The third kappa shape index (κ3) is 7.76. The molecule has 1 rings (SSSR count). The van der Waals surface area contributed by atoms with Gasteiger partial charge in [0.25, 0.3) is 0 Å². The van der Waals surface area contributed by atoms with Crippen molar-refractivity contribution in [3.63, 3.8) is 0 Å². The summed E-state index contributed by atoms with van der Waals surface area (Å²) in [6.45, 7) is 4.34. The zero-order valence-corrected chi connectivity index (χ0v) is 12.2. The Morgan fingerprint density at radius 2 is 1.75 bits per heavy atom.